The normalized spacial score (nSPS) is 28.7. The quantitative estimate of drug-likeness (QED) is 0.786. The second kappa shape index (κ2) is 5.32. The molecule has 0 bridgehead atoms. The van der Waals surface area contributed by atoms with Crippen molar-refractivity contribution in [3.8, 4) is 0 Å². The van der Waals surface area contributed by atoms with Gasteiger partial charge in [0.2, 0.25) is 0 Å². The smallest absolute Gasteiger partial charge is 0.0693 e. The largest absolute Gasteiger partial charge is 0.390 e. The molecule has 0 amide bonds. The zero-order valence-corrected chi connectivity index (χ0v) is 10.0. The van der Waals surface area contributed by atoms with E-state index in [4.69, 9.17) is 0 Å². The minimum atomic E-state index is -0.402. The lowest BCUT2D eigenvalue weighted by molar-refractivity contribution is -0.0665. The summed E-state index contributed by atoms with van der Waals surface area (Å²) in [6.07, 6.45) is 2.74. The van der Waals surface area contributed by atoms with Gasteiger partial charge in [-0.2, -0.15) is 0 Å². The van der Waals surface area contributed by atoms with Crippen LogP contribution in [-0.4, -0.2) is 10.7 Å². The van der Waals surface area contributed by atoms with Crippen molar-refractivity contribution in [1.82, 2.24) is 0 Å². The summed E-state index contributed by atoms with van der Waals surface area (Å²) in [6.45, 7) is 6.19. The molecule has 1 N–H and O–H groups in total. The van der Waals surface area contributed by atoms with E-state index in [-0.39, 0.29) is 0 Å². The topological polar surface area (TPSA) is 20.2 Å². The van der Waals surface area contributed by atoms with E-state index >= 15 is 0 Å². The van der Waals surface area contributed by atoms with E-state index in [1.165, 1.54) is 5.56 Å². The molecule has 1 nitrogen and oxygen atoms in total. The van der Waals surface area contributed by atoms with Crippen molar-refractivity contribution in [2.75, 3.05) is 0 Å². The molecule has 0 aliphatic heterocycles. The van der Waals surface area contributed by atoms with Gasteiger partial charge >= 0.3 is 0 Å². The van der Waals surface area contributed by atoms with Gasteiger partial charge in [0.05, 0.1) is 5.60 Å². The molecule has 84 valence electrons. The Morgan fingerprint density at radius 3 is 2.20 bits per heavy atom. The first-order valence-electron chi connectivity index (χ1n) is 5.94. The summed E-state index contributed by atoms with van der Waals surface area (Å²) in [5.74, 6) is 0.703. The van der Waals surface area contributed by atoms with Crippen molar-refractivity contribution in [2.45, 2.75) is 45.6 Å². The number of hydrogen-bond acceptors (Lipinski definition) is 1. The van der Waals surface area contributed by atoms with Crippen LogP contribution in [0.5, 0.6) is 0 Å². The Bertz CT molecular complexity index is 273. The monoisotopic (exact) mass is 206 g/mol. The van der Waals surface area contributed by atoms with E-state index in [0.29, 0.717) is 5.92 Å². The Balaban J connectivity index is 0.000000531. The van der Waals surface area contributed by atoms with Crippen LogP contribution in [0.25, 0.3) is 0 Å². The van der Waals surface area contributed by atoms with Crippen molar-refractivity contribution < 1.29 is 5.11 Å². The van der Waals surface area contributed by atoms with Gasteiger partial charge in [-0.3, -0.25) is 0 Å². The summed E-state index contributed by atoms with van der Waals surface area (Å²) < 4.78 is 0. The predicted molar refractivity (Wildman–Crippen MR) is 64.8 cm³/mol. The second-order valence-corrected chi connectivity index (χ2v) is 4.40. The molecule has 0 radical (unpaired) electrons. The summed E-state index contributed by atoms with van der Waals surface area (Å²) in [4.78, 5) is 0. The van der Waals surface area contributed by atoms with Crippen molar-refractivity contribution in [3.63, 3.8) is 0 Å². The molecule has 0 atom stereocenters. The highest BCUT2D eigenvalue weighted by Gasteiger charge is 2.39. The SMILES string of the molecule is CC.CC1CC(O)(Cc2ccccc2)C1. The molecule has 0 unspecified atom stereocenters. The lowest BCUT2D eigenvalue weighted by Crippen LogP contribution is -2.44. The maximum absolute atomic E-state index is 10.0. The third kappa shape index (κ3) is 3.35. The molecular weight excluding hydrogens is 184 g/mol. The summed E-state index contributed by atoms with van der Waals surface area (Å²) >= 11 is 0. The predicted octanol–water partition coefficient (Wildman–Crippen LogP) is 3.42. The molecule has 15 heavy (non-hydrogen) atoms. The summed E-state index contributed by atoms with van der Waals surface area (Å²) in [5, 5.41) is 10.0. The lowest BCUT2D eigenvalue weighted by Gasteiger charge is -2.42. The molecule has 1 heteroatoms. The standard InChI is InChI=1S/C12H16O.C2H6/c1-10-7-12(13,8-10)9-11-5-3-2-4-6-11;1-2/h2-6,10,13H,7-9H2,1H3;1-2H3. The Morgan fingerprint density at radius 1 is 1.20 bits per heavy atom. The van der Waals surface area contributed by atoms with Crippen LogP contribution in [0, 0.1) is 5.92 Å². The van der Waals surface area contributed by atoms with E-state index in [1.54, 1.807) is 0 Å². The number of benzene rings is 1. The minimum Gasteiger partial charge on any atom is -0.390 e. The molecule has 1 aromatic carbocycles. The van der Waals surface area contributed by atoms with Gasteiger partial charge in [0, 0.05) is 6.42 Å². The summed E-state index contributed by atoms with van der Waals surface area (Å²) in [5.41, 5.74) is 0.845. The molecule has 0 aromatic heterocycles. The second-order valence-electron chi connectivity index (χ2n) is 4.40. The molecule has 0 heterocycles. The molecule has 1 aliphatic rings. The fourth-order valence-electron chi connectivity index (χ4n) is 2.36. The van der Waals surface area contributed by atoms with Gasteiger partial charge < -0.3 is 5.11 Å². The molecule has 0 spiro atoms. The van der Waals surface area contributed by atoms with Crippen molar-refractivity contribution in [2.24, 2.45) is 5.92 Å². The third-order valence-corrected chi connectivity index (χ3v) is 2.83. The average Bonchev–Trinajstić information content (AvgIpc) is 2.20. The summed E-state index contributed by atoms with van der Waals surface area (Å²) in [6, 6.07) is 10.2. The van der Waals surface area contributed by atoms with Gasteiger partial charge in [-0.25, -0.2) is 0 Å². The van der Waals surface area contributed by atoms with Crippen LogP contribution >= 0.6 is 0 Å². The zero-order chi connectivity index (χ0) is 11.3. The van der Waals surface area contributed by atoms with Crippen LogP contribution in [0.4, 0.5) is 0 Å². The fourth-order valence-corrected chi connectivity index (χ4v) is 2.36. The average molecular weight is 206 g/mol. The maximum Gasteiger partial charge on any atom is 0.0693 e. The first kappa shape index (κ1) is 12.3. The highest BCUT2D eigenvalue weighted by Crippen LogP contribution is 2.39. The Hall–Kier alpha value is -0.820. The van der Waals surface area contributed by atoms with Gasteiger partial charge in [-0.05, 0) is 24.3 Å². The number of aliphatic hydroxyl groups is 1. The van der Waals surface area contributed by atoms with Gasteiger partial charge in [0.25, 0.3) is 0 Å². The molecule has 0 saturated heterocycles. The zero-order valence-electron chi connectivity index (χ0n) is 10.0. The first-order valence-corrected chi connectivity index (χ1v) is 5.94. The highest BCUT2D eigenvalue weighted by molar-refractivity contribution is 5.18. The molecule has 1 fully saturated rings. The van der Waals surface area contributed by atoms with Gasteiger partial charge in [-0.1, -0.05) is 51.1 Å². The summed E-state index contributed by atoms with van der Waals surface area (Å²) in [7, 11) is 0. The Labute approximate surface area is 93.1 Å². The van der Waals surface area contributed by atoms with Crippen molar-refractivity contribution >= 4 is 0 Å². The van der Waals surface area contributed by atoms with Crippen LogP contribution in [0.15, 0.2) is 30.3 Å². The van der Waals surface area contributed by atoms with Crippen molar-refractivity contribution in [3.05, 3.63) is 35.9 Å². The highest BCUT2D eigenvalue weighted by atomic mass is 16.3. The molecule has 1 aliphatic carbocycles. The van der Waals surface area contributed by atoms with Gasteiger partial charge in [-0.15, -0.1) is 0 Å². The molecular formula is C14H22O. The lowest BCUT2D eigenvalue weighted by atomic mass is 9.69. The van der Waals surface area contributed by atoms with E-state index in [0.717, 1.165) is 19.3 Å². The van der Waals surface area contributed by atoms with Crippen LogP contribution < -0.4 is 0 Å². The van der Waals surface area contributed by atoms with Crippen LogP contribution in [0.3, 0.4) is 0 Å². The van der Waals surface area contributed by atoms with E-state index < -0.39 is 5.60 Å². The van der Waals surface area contributed by atoms with E-state index in [2.05, 4.69) is 19.1 Å². The fraction of sp³-hybridized carbons (Fsp3) is 0.571. The van der Waals surface area contributed by atoms with Crippen LogP contribution in [-0.2, 0) is 6.42 Å². The third-order valence-electron chi connectivity index (χ3n) is 2.83. The maximum atomic E-state index is 10.0. The van der Waals surface area contributed by atoms with Gasteiger partial charge in [0.1, 0.15) is 0 Å². The van der Waals surface area contributed by atoms with Crippen molar-refractivity contribution in [1.29, 1.82) is 0 Å². The Kier molecular flexibility index (Phi) is 4.34. The Morgan fingerprint density at radius 2 is 1.73 bits per heavy atom. The molecule has 2 rings (SSSR count). The van der Waals surface area contributed by atoms with E-state index in [9.17, 15) is 5.11 Å². The molecule has 1 aromatic rings. The number of rotatable bonds is 2. The van der Waals surface area contributed by atoms with E-state index in [1.807, 2.05) is 32.0 Å². The number of hydrogen-bond donors (Lipinski definition) is 1. The molecule has 1 saturated carbocycles. The first-order chi connectivity index (χ1) is 7.18. The minimum absolute atomic E-state index is 0.402. The van der Waals surface area contributed by atoms with Gasteiger partial charge in [0.15, 0.2) is 0 Å². The van der Waals surface area contributed by atoms with Crippen LogP contribution in [0.2, 0.25) is 0 Å². The van der Waals surface area contributed by atoms with Crippen LogP contribution in [0.1, 0.15) is 39.2 Å².